The van der Waals surface area contributed by atoms with Crippen molar-refractivity contribution in [3.05, 3.63) is 67.1 Å². The Balaban J connectivity index is 1.58. The van der Waals surface area contributed by atoms with Crippen LogP contribution in [-0.2, 0) is 15.0 Å². The van der Waals surface area contributed by atoms with Gasteiger partial charge >= 0.3 is 0 Å². The first-order valence-electron chi connectivity index (χ1n) is 13.0. The lowest BCUT2D eigenvalue weighted by molar-refractivity contribution is -0.123. The molecule has 2 aliphatic rings. The molecule has 2 amide bonds. The van der Waals surface area contributed by atoms with Gasteiger partial charge in [-0.15, -0.1) is 34.0 Å². The van der Waals surface area contributed by atoms with Crippen LogP contribution in [-0.4, -0.2) is 35.7 Å². The van der Waals surface area contributed by atoms with E-state index >= 15 is 0 Å². The van der Waals surface area contributed by atoms with E-state index in [1.807, 2.05) is 11.3 Å². The third-order valence-electron chi connectivity index (χ3n) is 8.23. The molecule has 0 saturated carbocycles. The van der Waals surface area contributed by atoms with Gasteiger partial charge in [-0.25, -0.2) is 0 Å². The predicted octanol–water partition coefficient (Wildman–Crippen LogP) is 8.20. The summed E-state index contributed by atoms with van der Waals surface area (Å²) in [5, 5.41) is 0. The van der Waals surface area contributed by atoms with Gasteiger partial charge in [0, 0.05) is 39.0 Å². The summed E-state index contributed by atoms with van der Waals surface area (Å²) in [6, 6.07) is 12.8. The molecule has 0 N–H and O–H groups in total. The van der Waals surface area contributed by atoms with E-state index in [1.165, 1.54) is 19.5 Å². The topological polar surface area (TPSA) is 40.6 Å². The number of likely N-dealkylation sites (N-methyl/N-ethyl adjacent to an activating group) is 2. The minimum atomic E-state index is -0.105. The highest BCUT2D eigenvalue weighted by molar-refractivity contribution is 7.22. The van der Waals surface area contributed by atoms with E-state index < -0.39 is 0 Å². The number of thiophene rings is 3. The van der Waals surface area contributed by atoms with Gasteiger partial charge in [0.25, 0.3) is 11.8 Å². The second kappa shape index (κ2) is 9.68. The van der Waals surface area contributed by atoms with Crippen LogP contribution in [0.4, 0.5) is 0 Å². The van der Waals surface area contributed by atoms with E-state index in [4.69, 9.17) is 0 Å². The highest BCUT2D eigenvalue weighted by atomic mass is 32.1. The summed E-state index contributed by atoms with van der Waals surface area (Å²) >= 11 is 5.19. The summed E-state index contributed by atoms with van der Waals surface area (Å²) in [5.41, 5.74) is 2.64. The van der Waals surface area contributed by atoms with Crippen LogP contribution in [0.25, 0.3) is 21.1 Å². The molecule has 7 heteroatoms. The molecule has 5 heterocycles. The van der Waals surface area contributed by atoms with Crippen LogP contribution in [0.1, 0.15) is 79.3 Å². The van der Waals surface area contributed by atoms with Gasteiger partial charge in [-0.1, -0.05) is 34.6 Å². The standard InChI is InChI=1S/C30H34N2O2S3/c1-8-17(4)18-11-12-19(35-18)20-13-14-21(36-20)26-24-25(29(34)31(26)6)27(32(7)28(24)33)22-15-16-23(37-22)30(5,9-2)10-3/h11-17H,8-10H2,1-7H3. The molecule has 1 atom stereocenters. The number of rotatable bonds is 8. The second-order valence-electron chi connectivity index (χ2n) is 10.3. The Morgan fingerprint density at radius 3 is 1.78 bits per heavy atom. The van der Waals surface area contributed by atoms with Crippen molar-refractivity contribution in [2.75, 3.05) is 14.1 Å². The molecule has 0 bridgehead atoms. The highest BCUT2D eigenvalue weighted by Gasteiger charge is 2.47. The van der Waals surface area contributed by atoms with Crippen molar-refractivity contribution in [3.8, 4) is 9.75 Å². The van der Waals surface area contributed by atoms with E-state index in [1.54, 1.807) is 46.6 Å². The van der Waals surface area contributed by atoms with Gasteiger partial charge in [0.15, 0.2) is 0 Å². The molecule has 0 aliphatic carbocycles. The first-order valence-corrected chi connectivity index (χ1v) is 15.5. The average Bonchev–Trinajstić information content (AvgIpc) is 3.72. The molecule has 0 radical (unpaired) electrons. The zero-order valence-corrected chi connectivity index (χ0v) is 25.0. The lowest BCUT2D eigenvalue weighted by Gasteiger charge is -2.25. The third kappa shape index (κ3) is 4.06. The van der Waals surface area contributed by atoms with E-state index in [-0.39, 0.29) is 17.2 Å². The van der Waals surface area contributed by atoms with Crippen molar-refractivity contribution in [2.24, 2.45) is 0 Å². The molecule has 0 spiro atoms. The summed E-state index contributed by atoms with van der Waals surface area (Å²) in [4.78, 5) is 37.6. The molecular weight excluding hydrogens is 517 g/mol. The van der Waals surface area contributed by atoms with Gasteiger partial charge in [-0.05, 0) is 61.6 Å². The predicted molar refractivity (Wildman–Crippen MR) is 158 cm³/mol. The van der Waals surface area contributed by atoms with Crippen molar-refractivity contribution in [1.82, 2.24) is 9.80 Å². The summed E-state index contributed by atoms with van der Waals surface area (Å²) in [5.74, 6) is 0.336. The Morgan fingerprint density at radius 2 is 1.22 bits per heavy atom. The summed E-state index contributed by atoms with van der Waals surface area (Å²) in [7, 11) is 3.58. The normalized spacial score (nSPS) is 17.1. The molecule has 37 heavy (non-hydrogen) atoms. The smallest absolute Gasteiger partial charge is 0.261 e. The van der Waals surface area contributed by atoms with Crippen LogP contribution < -0.4 is 0 Å². The molecule has 2 aliphatic heterocycles. The first kappa shape index (κ1) is 26.1. The summed E-state index contributed by atoms with van der Waals surface area (Å²) in [6.45, 7) is 11.2. The van der Waals surface area contributed by atoms with Gasteiger partial charge in [-0.2, -0.15) is 0 Å². The lowest BCUT2D eigenvalue weighted by Crippen LogP contribution is -2.24. The Bertz CT molecular complexity index is 1450. The summed E-state index contributed by atoms with van der Waals surface area (Å²) in [6.07, 6.45) is 3.21. The molecule has 5 rings (SSSR count). The lowest BCUT2D eigenvalue weighted by atomic mass is 9.83. The fourth-order valence-corrected chi connectivity index (χ4v) is 8.75. The number of carbonyl (C=O) groups excluding carboxylic acids is 2. The average molecular weight is 551 g/mol. The van der Waals surface area contributed by atoms with Crippen LogP contribution in [0.15, 0.2) is 47.5 Å². The van der Waals surface area contributed by atoms with Crippen LogP contribution in [0.5, 0.6) is 0 Å². The van der Waals surface area contributed by atoms with E-state index in [0.717, 1.165) is 40.4 Å². The number of nitrogens with zero attached hydrogens (tertiary/aromatic N) is 2. The van der Waals surface area contributed by atoms with Crippen molar-refractivity contribution in [3.63, 3.8) is 0 Å². The Kier molecular flexibility index (Phi) is 6.84. The van der Waals surface area contributed by atoms with Gasteiger partial charge in [-0.3, -0.25) is 9.59 Å². The molecule has 4 nitrogen and oxygen atoms in total. The minimum absolute atomic E-state index is 0.0968. The Hall–Kier alpha value is -2.48. The maximum atomic E-state index is 13.6. The maximum absolute atomic E-state index is 13.6. The van der Waals surface area contributed by atoms with Crippen LogP contribution >= 0.6 is 34.0 Å². The van der Waals surface area contributed by atoms with Crippen molar-refractivity contribution >= 4 is 57.2 Å². The van der Waals surface area contributed by atoms with Crippen molar-refractivity contribution in [2.45, 2.75) is 65.2 Å². The summed E-state index contributed by atoms with van der Waals surface area (Å²) < 4.78 is 0. The van der Waals surface area contributed by atoms with Gasteiger partial charge in [0.1, 0.15) is 0 Å². The molecular formula is C30H34N2O2S3. The molecule has 1 unspecified atom stereocenters. The fraction of sp³-hybridized carbons (Fsp3) is 0.400. The number of hydrogen-bond donors (Lipinski definition) is 0. The van der Waals surface area contributed by atoms with Crippen LogP contribution in [0.3, 0.4) is 0 Å². The minimum Gasteiger partial charge on any atom is -0.309 e. The van der Waals surface area contributed by atoms with Gasteiger partial charge < -0.3 is 9.80 Å². The van der Waals surface area contributed by atoms with Crippen molar-refractivity contribution in [1.29, 1.82) is 0 Å². The Morgan fingerprint density at radius 1 is 0.730 bits per heavy atom. The number of hydrogen-bond acceptors (Lipinski definition) is 5. The van der Waals surface area contributed by atoms with Crippen LogP contribution in [0, 0.1) is 0 Å². The molecule has 0 aromatic carbocycles. The van der Waals surface area contributed by atoms with Gasteiger partial charge in [0.05, 0.1) is 32.3 Å². The largest absolute Gasteiger partial charge is 0.309 e. The molecule has 3 aromatic rings. The molecule has 3 aromatic heterocycles. The Labute approximate surface area is 231 Å². The SMILES string of the molecule is CCC(C)c1ccc(-c2ccc(C3=C4C(=O)N(C)C(c5ccc(C(C)(CC)CC)s5)=C4C(=O)N3C)s2)s1. The van der Waals surface area contributed by atoms with E-state index in [9.17, 15) is 9.59 Å². The van der Waals surface area contributed by atoms with Crippen molar-refractivity contribution < 1.29 is 9.59 Å². The molecule has 0 saturated heterocycles. The zero-order chi connectivity index (χ0) is 26.6. The third-order valence-corrected chi connectivity index (χ3v) is 12.2. The zero-order valence-electron chi connectivity index (χ0n) is 22.6. The number of carbonyl (C=O) groups is 2. The molecule has 0 fully saturated rings. The quantitative estimate of drug-likeness (QED) is 0.284. The van der Waals surface area contributed by atoms with E-state index in [0.29, 0.717) is 17.1 Å². The number of amides is 2. The van der Waals surface area contributed by atoms with Gasteiger partial charge in [0.2, 0.25) is 0 Å². The fourth-order valence-electron chi connectivity index (χ4n) is 5.04. The van der Waals surface area contributed by atoms with E-state index in [2.05, 4.69) is 71.0 Å². The number of fused-ring (bicyclic) bond motifs is 1. The highest BCUT2D eigenvalue weighted by Crippen LogP contribution is 2.49. The molecule has 194 valence electrons. The van der Waals surface area contributed by atoms with Crippen LogP contribution in [0.2, 0.25) is 0 Å². The second-order valence-corrected chi connectivity index (χ2v) is 13.6. The maximum Gasteiger partial charge on any atom is 0.261 e. The first-order chi connectivity index (χ1) is 17.6. The monoisotopic (exact) mass is 550 g/mol.